The number of nitriles is 1. The lowest BCUT2D eigenvalue weighted by molar-refractivity contribution is 0.270. The van der Waals surface area contributed by atoms with E-state index in [4.69, 9.17) is 5.73 Å². The number of aromatic nitrogens is 2. The van der Waals surface area contributed by atoms with Crippen molar-refractivity contribution in [1.82, 2.24) is 9.55 Å². The molecule has 0 radical (unpaired) electrons. The molecule has 0 spiro atoms. The molecular formula is C15H12N4O. The fourth-order valence-corrected chi connectivity index (χ4v) is 2.29. The fraction of sp³-hybridized carbons (Fsp3) is 0.0667. The van der Waals surface area contributed by atoms with Gasteiger partial charge in [0, 0.05) is 5.69 Å². The molecule has 0 saturated carbocycles. The first-order valence-corrected chi connectivity index (χ1v) is 6.12. The van der Waals surface area contributed by atoms with Crippen molar-refractivity contribution in [3.05, 3.63) is 53.9 Å². The zero-order valence-corrected chi connectivity index (χ0v) is 10.6. The molecule has 2 aromatic carbocycles. The minimum atomic E-state index is -0.214. The van der Waals surface area contributed by atoms with Crippen molar-refractivity contribution in [2.75, 3.05) is 5.73 Å². The number of aliphatic hydroxyl groups is 1. The number of nitrogens with zero attached hydrogens (tertiary/aromatic N) is 3. The van der Waals surface area contributed by atoms with Crippen LogP contribution in [0.4, 0.5) is 5.69 Å². The largest absolute Gasteiger partial charge is 0.399 e. The third kappa shape index (κ3) is 1.79. The zero-order valence-electron chi connectivity index (χ0n) is 10.6. The number of nitrogens with two attached hydrogens (primary N) is 1. The molecule has 20 heavy (non-hydrogen) atoms. The van der Waals surface area contributed by atoms with Crippen molar-refractivity contribution < 1.29 is 5.11 Å². The number of rotatable bonds is 2. The molecule has 5 nitrogen and oxygen atoms in total. The topological polar surface area (TPSA) is 87.9 Å². The van der Waals surface area contributed by atoms with E-state index in [1.54, 1.807) is 28.8 Å². The molecule has 5 heteroatoms. The van der Waals surface area contributed by atoms with Crippen LogP contribution in [0, 0.1) is 11.3 Å². The van der Waals surface area contributed by atoms with E-state index in [0.29, 0.717) is 28.3 Å². The maximum absolute atomic E-state index is 9.52. The molecule has 0 aliphatic carbocycles. The van der Waals surface area contributed by atoms with Crippen molar-refractivity contribution in [2.45, 2.75) is 6.61 Å². The van der Waals surface area contributed by atoms with Gasteiger partial charge in [-0.25, -0.2) is 4.98 Å². The molecule has 0 aliphatic rings. The number of aliphatic hydroxyl groups excluding tert-OH is 1. The average molecular weight is 264 g/mol. The molecule has 0 unspecified atom stereocenters. The van der Waals surface area contributed by atoms with Crippen LogP contribution in [0.15, 0.2) is 42.5 Å². The predicted molar refractivity (Wildman–Crippen MR) is 76.1 cm³/mol. The van der Waals surface area contributed by atoms with Gasteiger partial charge in [0.05, 0.1) is 22.3 Å². The van der Waals surface area contributed by atoms with Crippen molar-refractivity contribution in [1.29, 1.82) is 5.26 Å². The Bertz CT molecular complexity index is 829. The van der Waals surface area contributed by atoms with Crippen LogP contribution in [-0.2, 0) is 6.61 Å². The zero-order chi connectivity index (χ0) is 14.1. The number of hydrogen-bond acceptors (Lipinski definition) is 4. The Hall–Kier alpha value is -2.84. The Labute approximate surface area is 115 Å². The summed E-state index contributed by atoms with van der Waals surface area (Å²) in [6.45, 7) is -0.214. The summed E-state index contributed by atoms with van der Waals surface area (Å²) in [6.07, 6.45) is 0. The van der Waals surface area contributed by atoms with Crippen molar-refractivity contribution in [3.63, 3.8) is 0 Å². The number of nitrogen functional groups attached to an aromatic ring is 1. The highest BCUT2D eigenvalue weighted by Gasteiger charge is 2.14. The SMILES string of the molecule is N#Cc1ccccc1-n1c(CO)nc2cc(N)ccc21. The molecule has 0 saturated heterocycles. The number of para-hydroxylation sites is 1. The highest BCUT2D eigenvalue weighted by atomic mass is 16.3. The number of hydrogen-bond donors (Lipinski definition) is 2. The summed E-state index contributed by atoms with van der Waals surface area (Å²) in [6, 6.07) is 14.7. The van der Waals surface area contributed by atoms with Gasteiger partial charge in [-0.1, -0.05) is 12.1 Å². The maximum atomic E-state index is 9.52. The van der Waals surface area contributed by atoms with Gasteiger partial charge in [-0.3, -0.25) is 4.57 Å². The molecule has 0 fully saturated rings. The molecule has 0 atom stereocenters. The standard InChI is InChI=1S/C15H12N4O/c16-8-10-3-1-2-4-13(10)19-14-6-5-11(17)7-12(14)18-15(19)9-20/h1-7,20H,9,17H2. The van der Waals surface area contributed by atoms with Crippen LogP contribution in [0.3, 0.4) is 0 Å². The van der Waals surface area contributed by atoms with E-state index in [1.807, 2.05) is 18.2 Å². The number of anilines is 1. The van der Waals surface area contributed by atoms with Crippen LogP contribution in [0.1, 0.15) is 11.4 Å². The third-order valence-electron chi connectivity index (χ3n) is 3.15. The first kappa shape index (κ1) is 12.2. The van der Waals surface area contributed by atoms with Gasteiger partial charge >= 0.3 is 0 Å². The monoisotopic (exact) mass is 264 g/mol. The Morgan fingerprint density at radius 3 is 2.80 bits per heavy atom. The quantitative estimate of drug-likeness (QED) is 0.693. The lowest BCUT2D eigenvalue weighted by atomic mass is 10.2. The van der Waals surface area contributed by atoms with Crippen LogP contribution in [0.2, 0.25) is 0 Å². The lowest BCUT2D eigenvalue weighted by Crippen LogP contribution is -2.03. The van der Waals surface area contributed by atoms with Crippen molar-refractivity contribution in [2.24, 2.45) is 0 Å². The van der Waals surface area contributed by atoms with Gasteiger partial charge in [0.2, 0.25) is 0 Å². The molecule has 98 valence electrons. The van der Waals surface area contributed by atoms with Crippen LogP contribution in [0.25, 0.3) is 16.7 Å². The minimum Gasteiger partial charge on any atom is -0.399 e. The van der Waals surface area contributed by atoms with Gasteiger partial charge in [-0.15, -0.1) is 0 Å². The highest BCUT2D eigenvalue weighted by Crippen LogP contribution is 2.25. The summed E-state index contributed by atoms with van der Waals surface area (Å²) < 4.78 is 1.79. The summed E-state index contributed by atoms with van der Waals surface area (Å²) in [5.41, 5.74) is 9.10. The molecule has 3 N–H and O–H groups in total. The predicted octanol–water partition coefficient (Wildman–Crippen LogP) is 1.97. The lowest BCUT2D eigenvalue weighted by Gasteiger charge is -2.09. The first-order valence-electron chi connectivity index (χ1n) is 6.12. The van der Waals surface area contributed by atoms with Gasteiger partial charge in [-0.2, -0.15) is 5.26 Å². The normalized spacial score (nSPS) is 10.6. The Balaban J connectivity index is 2.38. The number of imidazole rings is 1. The average Bonchev–Trinajstić information content (AvgIpc) is 2.84. The van der Waals surface area contributed by atoms with E-state index in [9.17, 15) is 10.4 Å². The van der Waals surface area contributed by atoms with Gasteiger partial charge in [-0.05, 0) is 30.3 Å². The van der Waals surface area contributed by atoms with E-state index in [2.05, 4.69) is 11.1 Å². The number of benzene rings is 2. The maximum Gasteiger partial charge on any atom is 0.140 e. The second-order valence-corrected chi connectivity index (χ2v) is 4.40. The molecular weight excluding hydrogens is 252 g/mol. The Morgan fingerprint density at radius 2 is 2.05 bits per heavy atom. The molecule has 0 amide bonds. The van der Waals surface area contributed by atoms with Crippen molar-refractivity contribution >= 4 is 16.7 Å². The molecule has 3 rings (SSSR count). The van der Waals surface area contributed by atoms with Crippen molar-refractivity contribution in [3.8, 4) is 11.8 Å². The summed E-state index contributed by atoms with van der Waals surface area (Å²) in [7, 11) is 0. The van der Waals surface area contributed by atoms with E-state index in [1.165, 1.54) is 0 Å². The van der Waals surface area contributed by atoms with E-state index < -0.39 is 0 Å². The van der Waals surface area contributed by atoms with E-state index in [0.717, 1.165) is 5.52 Å². The molecule has 3 aromatic rings. The third-order valence-corrected chi connectivity index (χ3v) is 3.15. The first-order chi connectivity index (χ1) is 9.74. The summed E-state index contributed by atoms with van der Waals surface area (Å²) in [5.74, 6) is 0.480. The Morgan fingerprint density at radius 1 is 1.25 bits per heavy atom. The van der Waals surface area contributed by atoms with Gasteiger partial charge in [0.15, 0.2) is 0 Å². The second kappa shape index (κ2) is 4.68. The second-order valence-electron chi connectivity index (χ2n) is 4.40. The molecule has 0 bridgehead atoms. The molecule has 0 aliphatic heterocycles. The van der Waals surface area contributed by atoms with Crippen LogP contribution in [0.5, 0.6) is 0 Å². The van der Waals surface area contributed by atoms with Gasteiger partial charge < -0.3 is 10.8 Å². The number of fused-ring (bicyclic) bond motifs is 1. The summed E-state index contributed by atoms with van der Waals surface area (Å²) >= 11 is 0. The van der Waals surface area contributed by atoms with Crippen LogP contribution < -0.4 is 5.73 Å². The summed E-state index contributed by atoms with van der Waals surface area (Å²) in [4.78, 5) is 4.37. The smallest absolute Gasteiger partial charge is 0.140 e. The van der Waals surface area contributed by atoms with Gasteiger partial charge in [0.25, 0.3) is 0 Å². The Kier molecular flexibility index (Phi) is 2.86. The highest BCUT2D eigenvalue weighted by molar-refractivity contribution is 5.82. The minimum absolute atomic E-state index is 0.214. The summed E-state index contributed by atoms with van der Waals surface area (Å²) in [5, 5.41) is 18.7. The van der Waals surface area contributed by atoms with Gasteiger partial charge in [0.1, 0.15) is 18.5 Å². The fourth-order valence-electron chi connectivity index (χ4n) is 2.29. The molecule has 1 heterocycles. The molecule has 1 aromatic heterocycles. The van der Waals surface area contributed by atoms with Crippen LogP contribution in [-0.4, -0.2) is 14.7 Å². The van der Waals surface area contributed by atoms with E-state index >= 15 is 0 Å². The van der Waals surface area contributed by atoms with Crippen LogP contribution >= 0.6 is 0 Å². The van der Waals surface area contributed by atoms with E-state index in [-0.39, 0.29) is 6.61 Å².